The predicted octanol–water partition coefficient (Wildman–Crippen LogP) is 1.96. The van der Waals surface area contributed by atoms with Crippen LogP contribution < -0.4 is 3.71 Å². The second kappa shape index (κ2) is 4.83. The molecule has 1 heterocycles. The summed E-state index contributed by atoms with van der Waals surface area (Å²) in [4.78, 5) is 25.7. The molecular weight excluding hydrogens is 311 g/mol. The molecule has 0 bridgehead atoms. The number of aromatic nitrogens is 1. The molecule has 5 heteroatoms. The molecule has 0 saturated heterocycles. The number of hydrogen-bond donors (Lipinski definition) is 0. The second-order valence-corrected chi connectivity index (χ2v) is 18.7. The van der Waals surface area contributed by atoms with Gasteiger partial charge in [-0.3, -0.25) is 0 Å². The van der Waals surface area contributed by atoms with Crippen molar-refractivity contribution in [1.29, 1.82) is 0 Å². The van der Waals surface area contributed by atoms with E-state index in [0.29, 0.717) is 5.56 Å². The zero-order chi connectivity index (χ0) is 12.3. The van der Waals surface area contributed by atoms with Crippen molar-refractivity contribution in [2.24, 2.45) is 0 Å². The van der Waals surface area contributed by atoms with Gasteiger partial charge in [-0.05, 0) is 0 Å². The summed E-state index contributed by atoms with van der Waals surface area (Å²) in [6.45, 7) is 6.97. The number of pyridine rings is 1. The van der Waals surface area contributed by atoms with Gasteiger partial charge in [0, 0.05) is 0 Å². The Balaban J connectivity index is 3.34. The van der Waals surface area contributed by atoms with E-state index < -0.39 is 24.3 Å². The molecule has 0 aliphatic rings. The van der Waals surface area contributed by atoms with Gasteiger partial charge in [0.15, 0.2) is 0 Å². The molecule has 0 saturated carbocycles. The molecule has 1 aromatic heterocycles. The van der Waals surface area contributed by atoms with Gasteiger partial charge in [0.1, 0.15) is 0 Å². The first-order chi connectivity index (χ1) is 7.40. The minimum atomic E-state index is -2.31. The molecule has 0 unspecified atom stereocenters. The van der Waals surface area contributed by atoms with Crippen molar-refractivity contribution < 1.29 is 9.53 Å². The fraction of sp³-hybridized carbons (Fsp3) is 0.364. The molecule has 0 atom stereocenters. The van der Waals surface area contributed by atoms with Gasteiger partial charge in [0.2, 0.25) is 0 Å². The maximum absolute atomic E-state index is 11.5. The Morgan fingerprint density at radius 3 is 2.56 bits per heavy atom. The van der Waals surface area contributed by atoms with Crippen LogP contribution >= 0.6 is 0 Å². The van der Waals surface area contributed by atoms with E-state index in [-0.39, 0.29) is 5.69 Å². The molecule has 84 valence electrons. The molecule has 0 amide bonds. The van der Waals surface area contributed by atoms with E-state index in [1.807, 2.05) is 0 Å². The number of carbonyl (C=O) groups is 1. The Bertz CT molecular complexity index is 458. The van der Waals surface area contributed by atoms with Crippen LogP contribution in [0.3, 0.4) is 0 Å². The summed E-state index contributed by atoms with van der Waals surface area (Å²) >= 11 is -2.31. The normalized spacial score (nSPS) is 10.7. The van der Waals surface area contributed by atoms with Gasteiger partial charge < -0.3 is 0 Å². The monoisotopic (exact) mass is 326 g/mol. The van der Waals surface area contributed by atoms with E-state index in [2.05, 4.69) is 29.4 Å². The van der Waals surface area contributed by atoms with Crippen LogP contribution in [0.5, 0.6) is 0 Å². The average molecular weight is 325 g/mol. The molecule has 0 aliphatic heterocycles. The van der Waals surface area contributed by atoms with Crippen molar-refractivity contribution in [1.82, 2.24) is 4.98 Å². The summed E-state index contributed by atoms with van der Waals surface area (Å²) < 4.78 is 5.63. The Kier molecular flexibility index (Phi) is 3.92. The zero-order valence-electron chi connectivity index (χ0n) is 9.87. The van der Waals surface area contributed by atoms with Crippen molar-refractivity contribution in [2.75, 3.05) is 7.11 Å². The standard InChI is InChI=1S/C8H5N2O2.3CH3.Sn/c1-9-7-5-10-4-3-6(7)8(11)12-2;;;;/h3,5H,2H3;3*1H3;. The van der Waals surface area contributed by atoms with Crippen LogP contribution in [0.2, 0.25) is 14.8 Å². The molecule has 0 radical (unpaired) electrons. The summed E-state index contributed by atoms with van der Waals surface area (Å²) in [7, 11) is 1.32. The fourth-order valence-electron chi connectivity index (χ4n) is 1.22. The first kappa shape index (κ1) is 13.0. The minimum absolute atomic E-state index is 0.256. The number of carbonyl (C=O) groups excluding carboxylic acids is 1. The van der Waals surface area contributed by atoms with Crippen molar-refractivity contribution in [3.05, 3.63) is 29.2 Å². The van der Waals surface area contributed by atoms with E-state index in [9.17, 15) is 4.79 Å². The fourth-order valence-corrected chi connectivity index (χ4v) is 4.16. The van der Waals surface area contributed by atoms with Gasteiger partial charge >= 0.3 is 99.4 Å². The van der Waals surface area contributed by atoms with E-state index in [0.717, 1.165) is 3.71 Å². The number of esters is 1. The maximum atomic E-state index is 11.5. The molecule has 0 aliphatic carbocycles. The second-order valence-electron chi connectivity index (χ2n) is 4.44. The summed E-state index contributed by atoms with van der Waals surface area (Å²) in [5.74, 6) is -0.467. The van der Waals surface area contributed by atoms with Gasteiger partial charge in [-0.15, -0.1) is 0 Å². The molecule has 16 heavy (non-hydrogen) atoms. The predicted molar refractivity (Wildman–Crippen MR) is 64.8 cm³/mol. The summed E-state index contributed by atoms with van der Waals surface area (Å²) in [5.41, 5.74) is 0.584. The molecule has 1 rings (SSSR count). The Morgan fingerprint density at radius 2 is 2.12 bits per heavy atom. The SMILES string of the molecule is [C-]#[N+]c1cn[c]([Sn]([CH3])([CH3])[CH3])cc1C(=O)OC. The van der Waals surface area contributed by atoms with Gasteiger partial charge in [-0.1, -0.05) is 0 Å². The number of ether oxygens (including phenoxy) is 1. The van der Waals surface area contributed by atoms with Crippen molar-refractivity contribution in [2.45, 2.75) is 14.8 Å². The first-order valence-electron chi connectivity index (χ1n) is 4.86. The van der Waals surface area contributed by atoms with Crippen molar-refractivity contribution in [3.63, 3.8) is 0 Å². The number of nitrogens with zero attached hydrogens (tertiary/aromatic N) is 2. The van der Waals surface area contributed by atoms with Crippen LogP contribution in [0, 0.1) is 6.57 Å². The molecule has 1 aromatic rings. The van der Waals surface area contributed by atoms with Crippen LogP contribution in [-0.4, -0.2) is 36.4 Å². The van der Waals surface area contributed by atoms with E-state index in [4.69, 9.17) is 6.57 Å². The summed E-state index contributed by atoms with van der Waals surface area (Å²) in [5, 5.41) is 0. The topological polar surface area (TPSA) is 43.5 Å². The van der Waals surface area contributed by atoms with Crippen LogP contribution in [0.15, 0.2) is 12.3 Å². The van der Waals surface area contributed by atoms with Crippen LogP contribution in [-0.2, 0) is 4.74 Å². The Morgan fingerprint density at radius 1 is 1.50 bits per heavy atom. The molecule has 4 nitrogen and oxygen atoms in total. The average Bonchev–Trinajstić information content (AvgIpc) is 2.25. The van der Waals surface area contributed by atoms with Crippen LogP contribution in [0.25, 0.3) is 4.85 Å². The van der Waals surface area contributed by atoms with Gasteiger partial charge in [-0.2, -0.15) is 0 Å². The third-order valence-electron chi connectivity index (χ3n) is 2.18. The van der Waals surface area contributed by atoms with Crippen LogP contribution in [0.4, 0.5) is 5.69 Å². The Labute approximate surface area is 99.3 Å². The number of methoxy groups -OCH3 is 1. The molecule has 0 N–H and O–H groups in total. The number of rotatable bonds is 2. The third kappa shape index (κ3) is 2.73. The van der Waals surface area contributed by atoms with Crippen molar-refractivity contribution in [3.8, 4) is 0 Å². The molecule has 0 fully saturated rings. The van der Waals surface area contributed by atoms with Gasteiger partial charge in [0.05, 0.1) is 0 Å². The summed E-state index contributed by atoms with van der Waals surface area (Å²) in [6, 6.07) is 1.72. The number of hydrogen-bond acceptors (Lipinski definition) is 3. The van der Waals surface area contributed by atoms with E-state index in [1.165, 1.54) is 13.3 Å². The quantitative estimate of drug-likeness (QED) is 0.474. The van der Waals surface area contributed by atoms with E-state index in [1.54, 1.807) is 6.07 Å². The first-order valence-corrected chi connectivity index (χ1v) is 14.9. The van der Waals surface area contributed by atoms with Gasteiger partial charge in [0.25, 0.3) is 0 Å². The van der Waals surface area contributed by atoms with Crippen LogP contribution in [0.1, 0.15) is 10.4 Å². The van der Waals surface area contributed by atoms with Gasteiger partial charge in [-0.25, -0.2) is 0 Å². The van der Waals surface area contributed by atoms with E-state index >= 15 is 0 Å². The molecular formula is C11H14N2O2Sn. The zero-order valence-corrected chi connectivity index (χ0v) is 12.7. The van der Waals surface area contributed by atoms with Crippen molar-refractivity contribution >= 4 is 33.7 Å². The molecule has 0 spiro atoms. The Hall–Kier alpha value is -1.09. The third-order valence-corrected chi connectivity index (χ3v) is 7.34. The molecule has 0 aromatic carbocycles. The summed E-state index contributed by atoms with van der Waals surface area (Å²) in [6.07, 6.45) is 1.47.